The van der Waals surface area contributed by atoms with E-state index in [1.54, 1.807) is 0 Å². The van der Waals surface area contributed by atoms with Gasteiger partial charge in [0.1, 0.15) is 0 Å². The Labute approximate surface area is 123 Å². The van der Waals surface area contributed by atoms with Crippen LogP contribution in [0.2, 0.25) is 5.02 Å². The van der Waals surface area contributed by atoms with Crippen LogP contribution < -0.4 is 0 Å². The molecule has 0 radical (unpaired) electrons. The lowest BCUT2D eigenvalue weighted by molar-refractivity contribution is 0.335. The molecule has 1 atom stereocenters. The van der Waals surface area contributed by atoms with Crippen molar-refractivity contribution in [3.05, 3.63) is 46.6 Å². The van der Waals surface area contributed by atoms with Gasteiger partial charge in [-0.3, -0.25) is 0 Å². The molecule has 0 bridgehead atoms. The average Bonchev–Trinajstić information content (AvgIpc) is 3.05. The van der Waals surface area contributed by atoms with Gasteiger partial charge in [0.05, 0.1) is 0 Å². The number of rotatable bonds is 4. The second-order valence-electron chi connectivity index (χ2n) is 5.34. The third kappa shape index (κ3) is 3.19. The van der Waals surface area contributed by atoms with Crippen LogP contribution in [0.5, 0.6) is 0 Å². The molecule has 2 heterocycles. The van der Waals surface area contributed by atoms with Crippen LogP contribution >= 0.6 is 11.6 Å². The number of nitrogens with zero attached hydrogens (tertiary/aromatic N) is 3. The molecular formula is C15H18ClN3O. The molecule has 1 aromatic carbocycles. The highest BCUT2D eigenvalue weighted by atomic mass is 35.5. The molecule has 1 saturated heterocycles. The molecule has 1 aromatic heterocycles. The number of aromatic nitrogens is 2. The minimum atomic E-state index is 0.409. The van der Waals surface area contributed by atoms with Crippen LogP contribution in [0, 0.1) is 6.92 Å². The van der Waals surface area contributed by atoms with Crippen LogP contribution in [0.15, 0.2) is 28.8 Å². The van der Waals surface area contributed by atoms with Crippen molar-refractivity contribution in [3.8, 4) is 0 Å². The van der Waals surface area contributed by atoms with Crippen LogP contribution in [0.25, 0.3) is 0 Å². The summed E-state index contributed by atoms with van der Waals surface area (Å²) < 4.78 is 5.06. The Morgan fingerprint density at radius 1 is 1.45 bits per heavy atom. The van der Waals surface area contributed by atoms with Crippen molar-refractivity contribution in [1.82, 2.24) is 15.0 Å². The normalized spacial score (nSPS) is 19.6. The number of aryl methyl sites for hydroxylation is 1. The quantitative estimate of drug-likeness (QED) is 0.868. The smallest absolute Gasteiger partial charge is 0.223 e. The van der Waals surface area contributed by atoms with Crippen molar-refractivity contribution in [2.75, 3.05) is 19.6 Å². The van der Waals surface area contributed by atoms with Crippen molar-refractivity contribution >= 4 is 11.6 Å². The molecule has 1 fully saturated rings. The van der Waals surface area contributed by atoms with Crippen molar-refractivity contribution in [2.45, 2.75) is 25.7 Å². The summed E-state index contributed by atoms with van der Waals surface area (Å²) in [6.07, 6.45) is 2.13. The van der Waals surface area contributed by atoms with E-state index in [-0.39, 0.29) is 0 Å². The van der Waals surface area contributed by atoms with E-state index in [0.717, 1.165) is 43.3 Å². The molecule has 4 nitrogen and oxygen atoms in total. The van der Waals surface area contributed by atoms with Gasteiger partial charge in [0.2, 0.25) is 5.89 Å². The van der Waals surface area contributed by atoms with Gasteiger partial charge < -0.3 is 9.42 Å². The first-order chi connectivity index (χ1) is 9.70. The number of halogens is 1. The summed E-state index contributed by atoms with van der Waals surface area (Å²) in [6.45, 7) is 4.99. The Morgan fingerprint density at radius 3 is 3.10 bits per heavy atom. The maximum absolute atomic E-state index is 6.01. The van der Waals surface area contributed by atoms with Gasteiger partial charge in [0, 0.05) is 31.0 Å². The zero-order valence-electron chi connectivity index (χ0n) is 11.6. The number of likely N-dealkylation sites (tertiary alicyclic amines) is 1. The first kappa shape index (κ1) is 13.6. The Morgan fingerprint density at radius 2 is 2.35 bits per heavy atom. The maximum atomic E-state index is 6.01. The van der Waals surface area contributed by atoms with Crippen molar-refractivity contribution in [1.29, 1.82) is 0 Å². The van der Waals surface area contributed by atoms with E-state index in [1.165, 1.54) is 5.56 Å². The molecule has 0 saturated carbocycles. The molecule has 1 aliphatic heterocycles. The highest BCUT2D eigenvalue weighted by Crippen LogP contribution is 2.25. The summed E-state index contributed by atoms with van der Waals surface area (Å²) >= 11 is 6.01. The molecule has 0 spiro atoms. The van der Waals surface area contributed by atoms with Crippen LogP contribution in [-0.2, 0) is 6.42 Å². The maximum Gasteiger partial charge on any atom is 0.223 e. The predicted octanol–water partition coefficient (Wildman–Crippen LogP) is 3.06. The largest absolute Gasteiger partial charge is 0.340 e. The summed E-state index contributed by atoms with van der Waals surface area (Å²) in [5, 5.41) is 4.84. The van der Waals surface area contributed by atoms with E-state index < -0.39 is 0 Å². The van der Waals surface area contributed by atoms with Gasteiger partial charge in [-0.05, 0) is 37.1 Å². The van der Waals surface area contributed by atoms with Gasteiger partial charge >= 0.3 is 0 Å². The molecule has 5 heteroatoms. The molecule has 106 valence electrons. The first-order valence-corrected chi connectivity index (χ1v) is 7.35. The van der Waals surface area contributed by atoms with Crippen LogP contribution in [-0.4, -0.2) is 34.7 Å². The summed E-state index contributed by atoms with van der Waals surface area (Å²) in [7, 11) is 0. The Bertz CT molecular complexity index is 584. The highest BCUT2D eigenvalue weighted by molar-refractivity contribution is 6.30. The topological polar surface area (TPSA) is 42.2 Å². The fourth-order valence-corrected chi connectivity index (χ4v) is 2.92. The third-order valence-corrected chi connectivity index (χ3v) is 4.02. The van der Waals surface area contributed by atoms with E-state index in [1.807, 2.05) is 25.1 Å². The second kappa shape index (κ2) is 5.94. The molecule has 1 aliphatic rings. The SMILES string of the molecule is Cc1nc(C2CCN(CCc3cccc(Cl)c3)C2)no1. The lowest BCUT2D eigenvalue weighted by atomic mass is 10.1. The number of hydrogen-bond donors (Lipinski definition) is 0. The van der Waals surface area contributed by atoms with Crippen LogP contribution in [0.4, 0.5) is 0 Å². The van der Waals surface area contributed by atoms with E-state index in [4.69, 9.17) is 16.1 Å². The Kier molecular flexibility index (Phi) is 4.03. The zero-order valence-corrected chi connectivity index (χ0v) is 12.3. The summed E-state index contributed by atoms with van der Waals surface area (Å²) in [5.41, 5.74) is 1.29. The molecule has 0 aliphatic carbocycles. The first-order valence-electron chi connectivity index (χ1n) is 6.98. The molecule has 0 N–H and O–H groups in total. The molecule has 3 rings (SSSR count). The minimum absolute atomic E-state index is 0.409. The fourth-order valence-electron chi connectivity index (χ4n) is 2.71. The minimum Gasteiger partial charge on any atom is -0.340 e. The average molecular weight is 292 g/mol. The lowest BCUT2D eigenvalue weighted by Gasteiger charge is -2.15. The summed E-state index contributed by atoms with van der Waals surface area (Å²) in [5.74, 6) is 1.91. The standard InChI is InChI=1S/C15H18ClN3O/c1-11-17-15(18-20-11)13-6-8-19(10-13)7-5-12-3-2-4-14(16)9-12/h2-4,9,13H,5-8,10H2,1H3. The molecule has 0 amide bonds. The van der Waals surface area contributed by atoms with Gasteiger partial charge in [-0.25, -0.2) is 0 Å². The van der Waals surface area contributed by atoms with E-state index in [9.17, 15) is 0 Å². The van der Waals surface area contributed by atoms with Gasteiger partial charge in [-0.2, -0.15) is 4.98 Å². The fraction of sp³-hybridized carbons (Fsp3) is 0.467. The summed E-state index contributed by atoms with van der Waals surface area (Å²) in [4.78, 5) is 6.79. The molecule has 1 unspecified atom stereocenters. The summed E-state index contributed by atoms with van der Waals surface area (Å²) in [6, 6.07) is 8.09. The Hall–Kier alpha value is -1.39. The van der Waals surface area contributed by atoms with Gasteiger partial charge in [0.25, 0.3) is 0 Å². The van der Waals surface area contributed by atoms with Crippen LogP contribution in [0.1, 0.15) is 29.6 Å². The van der Waals surface area contributed by atoms with Gasteiger partial charge in [-0.15, -0.1) is 0 Å². The second-order valence-corrected chi connectivity index (χ2v) is 5.77. The highest BCUT2D eigenvalue weighted by Gasteiger charge is 2.26. The van der Waals surface area contributed by atoms with E-state index in [0.29, 0.717) is 11.8 Å². The van der Waals surface area contributed by atoms with Crippen molar-refractivity contribution in [2.24, 2.45) is 0 Å². The predicted molar refractivity (Wildman–Crippen MR) is 78.0 cm³/mol. The van der Waals surface area contributed by atoms with Crippen molar-refractivity contribution < 1.29 is 4.52 Å². The van der Waals surface area contributed by atoms with E-state index >= 15 is 0 Å². The molecule has 2 aromatic rings. The van der Waals surface area contributed by atoms with Crippen molar-refractivity contribution in [3.63, 3.8) is 0 Å². The molecular weight excluding hydrogens is 274 g/mol. The number of benzene rings is 1. The van der Waals surface area contributed by atoms with E-state index in [2.05, 4.69) is 21.1 Å². The zero-order chi connectivity index (χ0) is 13.9. The third-order valence-electron chi connectivity index (χ3n) is 3.79. The molecule has 20 heavy (non-hydrogen) atoms. The van der Waals surface area contributed by atoms with Crippen LogP contribution in [0.3, 0.4) is 0 Å². The van der Waals surface area contributed by atoms with Gasteiger partial charge in [0.15, 0.2) is 5.82 Å². The number of hydrogen-bond acceptors (Lipinski definition) is 4. The van der Waals surface area contributed by atoms with Gasteiger partial charge in [-0.1, -0.05) is 28.9 Å². The monoisotopic (exact) mass is 291 g/mol. The Balaban J connectivity index is 1.53. The lowest BCUT2D eigenvalue weighted by Crippen LogP contribution is -2.23.